The van der Waals surface area contributed by atoms with E-state index in [0.29, 0.717) is 0 Å². The van der Waals surface area contributed by atoms with Gasteiger partial charge < -0.3 is 19.7 Å². The first-order valence-corrected chi connectivity index (χ1v) is 9.76. The van der Waals surface area contributed by atoms with Gasteiger partial charge in [0.1, 0.15) is 0 Å². The number of hydrogen-bond donors (Lipinski definition) is 1. The van der Waals surface area contributed by atoms with Gasteiger partial charge in [0, 0.05) is 36.4 Å². The van der Waals surface area contributed by atoms with Crippen molar-refractivity contribution in [3.63, 3.8) is 0 Å². The molecule has 5 heteroatoms. The second-order valence-electron chi connectivity index (χ2n) is 7.49. The summed E-state index contributed by atoms with van der Waals surface area (Å²) in [7, 11) is 3.35. The van der Waals surface area contributed by atoms with Crippen molar-refractivity contribution >= 4 is 16.6 Å². The molecule has 140 valence electrons. The summed E-state index contributed by atoms with van der Waals surface area (Å²) >= 11 is 0. The van der Waals surface area contributed by atoms with Gasteiger partial charge in [-0.05, 0) is 62.7 Å². The number of hydrogen-bond acceptors (Lipinski definition) is 5. The molecule has 0 radical (unpaired) electrons. The zero-order valence-electron chi connectivity index (χ0n) is 15.8. The Balaban J connectivity index is 1.55. The number of nitrogens with zero attached hydrogens (tertiary/aromatic N) is 2. The van der Waals surface area contributed by atoms with Crippen molar-refractivity contribution in [2.24, 2.45) is 11.8 Å². The van der Waals surface area contributed by atoms with Gasteiger partial charge in [0.2, 0.25) is 0 Å². The minimum atomic E-state index is 0.730. The van der Waals surface area contributed by atoms with Crippen LogP contribution < -0.4 is 19.7 Å². The van der Waals surface area contributed by atoms with Gasteiger partial charge in [-0.15, -0.1) is 0 Å². The molecule has 0 spiro atoms. The Morgan fingerprint density at radius 1 is 1.04 bits per heavy atom. The topological polar surface area (TPSA) is 46.6 Å². The molecule has 4 rings (SSSR count). The molecular formula is C21H29N3O2. The van der Waals surface area contributed by atoms with Crippen LogP contribution in [0.1, 0.15) is 25.7 Å². The Hall–Kier alpha value is -2.01. The van der Waals surface area contributed by atoms with Gasteiger partial charge in [0.05, 0.1) is 19.7 Å². The predicted octanol–water partition coefficient (Wildman–Crippen LogP) is 3.47. The van der Waals surface area contributed by atoms with Crippen molar-refractivity contribution in [3.05, 3.63) is 24.4 Å². The summed E-state index contributed by atoms with van der Waals surface area (Å²) in [4.78, 5) is 7.06. The van der Waals surface area contributed by atoms with E-state index in [-0.39, 0.29) is 0 Å². The van der Waals surface area contributed by atoms with E-state index in [1.165, 1.54) is 44.5 Å². The largest absolute Gasteiger partial charge is 0.493 e. The van der Waals surface area contributed by atoms with Gasteiger partial charge in [-0.2, -0.15) is 0 Å². The Morgan fingerprint density at radius 2 is 1.81 bits per heavy atom. The lowest BCUT2D eigenvalue weighted by atomic mass is 9.80. The minimum Gasteiger partial charge on any atom is -0.493 e. The normalized spacial score (nSPS) is 21.8. The number of ether oxygens (including phenoxy) is 2. The van der Waals surface area contributed by atoms with E-state index >= 15 is 0 Å². The molecule has 1 aromatic heterocycles. The van der Waals surface area contributed by atoms with E-state index in [9.17, 15) is 0 Å². The van der Waals surface area contributed by atoms with Crippen molar-refractivity contribution in [2.45, 2.75) is 25.7 Å². The molecule has 0 aliphatic carbocycles. The van der Waals surface area contributed by atoms with Gasteiger partial charge >= 0.3 is 0 Å². The summed E-state index contributed by atoms with van der Waals surface area (Å²) in [6.45, 7) is 4.65. The second kappa shape index (κ2) is 7.70. The van der Waals surface area contributed by atoms with Crippen LogP contribution >= 0.6 is 0 Å². The fourth-order valence-electron chi connectivity index (χ4n) is 4.63. The molecule has 2 saturated heterocycles. The number of nitrogens with one attached hydrogen (secondary N) is 1. The number of methoxy groups -OCH3 is 2. The minimum absolute atomic E-state index is 0.730. The fraction of sp³-hybridized carbons (Fsp3) is 0.571. The lowest BCUT2D eigenvalue weighted by Gasteiger charge is -2.39. The average molecular weight is 355 g/mol. The molecule has 5 nitrogen and oxygen atoms in total. The molecule has 0 saturated carbocycles. The van der Waals surface area contributed by atoms with E-state index in [4.69, 9.17) is 9.47 Å². The fourth-order valence-corrected chi connectivity index (χ4v) is 4.63. The van der Waals surface area contributed by atoms with Crippen molar-refractivity contribution in [2.75, 3.05) is 45.3 Å². The molecule has 3 heterocycles. The maximum absolute atomic E-state index is 5.50. The summed E-state index contributed by atoms with van der Waals surface area (Å²) < 4.78 is 10.9. The number of aromatic nitrogens is 1. The number of anilines is 1. The molecule has 1 atom stereocenters. The van der Waals surface area contributed by atoms with Gasteiger partial charge in [0.15, 0.2) is 11.5 Å². The monoisotopic (exact) mass is 355 g/mol. The van der Waals surface area contributed by atoms with E-state index < -0.39 is 0 Å². The third kappa shape index (κ3) is 3.32. The smallest absolute Gasteiger partial charge is 0.162 e. The van der Waals surface area contributed by atoms with Gasteiger partial charge in [-0.3, -0.25) is 4.98 Å². The SMILES string of the molecule is COc1cc2nccc(N3CCC(C4CCCNC4)CC3)c2cc1OC. The Morgan fingerprint density at radius 3 is 2.50 bits per heavy atom. The number of piperidine rings is 2. The lowest BCUT2D eigenvalue weighted by Crippen LogP contribution is -2.41. The van der Waals surface area contributed by atoms with Crippen LogP contribution in [0.2, 0.25) is 0 Å². The molecule has 0 bridgehead atoms. The first-order chi connectivity index (χ1) is 12.8. The predicted molar refractivity (Wildman–Crippen MR) is 105 cm³/mol. The maximum Gasteiger partial charge on any atom is 0.162 e. The van der Waals surface area contributed by atoms with Gasteiger partial charge in [-0.25, -0.2) is 0 Å². The molecule has 1 unspecified atom stereocenters. The van der Waals surface area contributed by atoms with Crippen LogP contribution in [0.5, 0.6) is 11.5 Å². The van der Waals surface area contributed by atoms with Crippen LogP contribution in [0.4, 0.5) is 5.69 Å². The van der Waals surface area contributed by atoms with Crippen molar-refractivity contribution in [1.82, 2.24) is 10.3 Å². The molecule has 0 amide bonds. The second-order valence-corrected chi connectivity index (χ2v) is 7.49. The summed E-state index contributed by atoms with van der Waals surface area (Å²) in [5, 5.41) is 4.72. The van der Waals surface area contributed by atoms with E-state index in [0.717, 1.165) is 47.3 Å². The molecule has 2 aromatic rings. The molecule has 1 aromatic carbocycles. The number of benzene rings is 1. The van der Waals surface area contributed by atoms with Crippen LogP contribution in [-0.4, -0.2) is 45.4 Å². The van der Waals surface area contributed by atoms with Crippen molar-refractivity contribution in [1.29, 1.82) is 0 Å². The quantitative estimate of drug-likeness (QED) is 0.910. The Labute approximate surface area is 155 Å². The Kier molecular flexibility index (Phi) is 5.16. The van der Waals surface area contributed by atoms with Gasteiger partial charge in [-0.1, -0.05) is 0 Å². The molecule has 2 fully saturated rings. The van der Waals surface area contributed by atoms with Crippen LogP contribution in [0.25, 0.3) is 10.9 Å². The molecular weight excluding hydrogens is 326 g/mol. The van der Waals surface area contributed by atoms with Crippen LogP contribution in [0.15, 0.2) is 24.4 Å². The highest BCUT2D eigenvalue weighted by Crippen LogP contribution is 2.38. The summed E-state index contributed by atoms with van der Waals surface area (Å²) in [6, 6.07) is 6.17. The summed E-state index contributed by atoms with van der Waals surface area (Å²) in [5.41, 5.74) is 2.22. The Bertz CT molecular complexity index is 750. The standard InChI is InChI=1S/C21H29N3O2/c1-25-20-12-17-18(13-21(20)26-2)23-9-5-19(17)24-10-6-15(7-11-24)16-4-3-8-22-14-16/h5,9,12-13,15-16,22H,3-4,6-8,10-11,14H2,1-2H3. The molecule has 2 aliphatic heterocycles. The number of fused-ring (bicyclic) bond motifs is 1. The van der Waals surface area contributed by atoms with E-state index in [1.807, 2.05) is 12.3 Å². The molecule has 2 aliphatic rings. The van der Waals surface area contributed by atoms with Gasteiger partial charge in [0.25, 0.3) is 0 Å². The van der Waals surface area contributed by atoms with E-state index in [1.54, 1.807) is 14.2 Å². The van der Waals surface area contributed by atoms with Crippen molar-refractivity contribution in [3.8, 4) is 11.5 Å². The highest BCUT2D eigenvalue weighted by Gasteiger charge is 2.28. The first kappa shape index (κ1) is 17.4. The van der Waals surface area contributed by atoms with Crippen LogP contribution in [-0.2, 0) is 0 Å². The highest BCUT2D eigenvalue weighted by molar-refractivity contribution is 5.94. The third-order valence-corrected chi connectivity index (χ3v) is 6.11. The average Bonchev–Trinajstić information content (AvgIpc) is 2.73. The number of pyridine rings is 1. The lowest BCUT2D eigenvalue weighted by molar-refractivity contribution is 0.226. The first-order valence-electron chi connectivity index (χ1n) is 9.76. The molecule has 26 heavy (non-hydrogen) atoms. The zero-order valence-corrected chi connectivity index (χ0v) is 15.8. The summed E-state index contributed by atoms with van der Waals surface area (Å²) in [5.74, 6) is 3.22. The molecule has 1 N–H and O–H groups in total. The number of rotatable bonds is 4. The third-order valence-electron chi connectivity index (χ3n) is 6.11. The highest BCUT2D eigenvalue weighted by atomic mass is 16.5. The maximum atomic E-state index is 5.50. The van der Waals surface area contributed by atoms with Crippen molar-refractivity contribution < 1.29 is 9.47 Å². The summed E-state index contributed by atoms with van der Waals surface area (Å²) in [6.07, 6.45) is 7.20. The van der Waals surface area contributed by atoms with E-state index in [2.05, 4.69) is 27.3 Å². The van der Waals surface area contributed by atoms with Crippen LogP contribution in [0.3, 0.4) is 0 Å². The van der Waals surface area contributed by atoms with Crippen LogP contribution in [0, 0.1) is 11.8 Å². The zero-order chi connectivity index (χ0) is 17.9.